The topological polar surface area (TPSA) is 112 Å². The summed E-state index contributed by atoms with van der Waals surface area (Å²) in [4.78, 5) is 27.8. The van der Waals surface area contributed by atoms with Crippen LogP contribution in [0, 0.1) is 34.3 Å². The third-order valence-electron chi connectivity index (χ3n) is 10.9. The maximum atomic E-state index is 17.1. The third kappa shape index (κ3) is 5.31. The second-order valence-electron chi connectivity index (χ2n) is 14.3. The van der Waals surface area contributed by atoms with Crippen molar-refractivity contribution in [1.29, 1.82) is 5.26 Å². The number of carbonyl (C=O) groups is 1. The van der Waals surface area contributed by atoms with Gasteiger partial charge in [-0.3, -0.25) is 9.69 Å². The predicted molar refractivity (Wildman–Crippen MR) is 184 cm³/mol. The molecule has 3 atom stereocenters. The van der Waals surface area contributed by atoms with Crippen LogP contribution < -0.4 is 15.4 Å². The number of rotatable bonds is 6. The van der Waals surface area contributed by atoms with Crippen LogP contribution in [-0.2, 0) is 4.79 Å². The number of hydrogen-bond acceptors (Lipinski definition) is 9. The van der Waals surface area contributed by atoms with Gasteiger partial charge in [0.15, 0.2) is 5.82 Å². The van der Waals surface area contributed by atoms with Crippen LogP contribution in [0.25, 0.3) is 32.1 Å². The summed E-state index contributed by atoms with van der Waals surface area (Å²) in [6.07, 6.45) is 2.77. The molecule has 1 amide bonds. The molecule has 9 nitrogen and oxygen atoms in total. The Balaban J connectivity index is 1.22. The predicted octanol–water partition coefficient (Wildman–Crippen LogP) is 6.84. The van der Waals surface area contributed by atoms with Gasteiger partial charge in [-0.2, -0.15) is 15.2 Å². The second kappa shape index (κ2) is 11.8. The molecule has 4 aromatic rings. The number of thiophene rings is 1. The second-order valence-corrected chi connectivity index (χ2v) is 15.7. The summed E-state index contributed by atoms with van der Waals surface area (Å²) in [6, 6.07) is 6.27. The van der Waals surface area contributed by atoms with Crippen molar-refractivity contribution in [2.24, 2.45) is 11.3 Å². The normalized spacial score (nSPS) is 23.3. The maximum absolute atomic E-state index is 17.1. The summed E-state index contributed by atoms with van der Waals surface area (Å²) in [6.45, 7) is 4.61. The highest BCUT2D eigenvalue weighted by Gasteiger charge is 2.64. The number of hydrogen-bond donors (Lipinski definition) is 1. The van der Waals surface area contributed by atoms with Gasteiger partial charge in [-0.15, -0.1) is 11.3 Å². The highest BCUT2D eigenvalue weighted by atomic mass is 35.5. The molecule has 4 fully saturated rings. The Morgan fingerprint density at radius 3 is 2.64 bits per heavy atom. The molecule has 0 bridgehead atoms. The Hall–Kier alpha value is -3.93. The van der Waals surface area contributed by atoms with E-state index in [1.807, 2.05) is 24.9 Å². The van der Waals surface area contributed by atoms with Gasteiger partial charge >= 0.3 is 6.01 Å². The number of anilines is 2. The van der Waals surface area contributed by atoms with Crippen LogP contribution >= 0.6 is 22.9 Å². The zero-order chi connectivity index (χ0) is 35.3. The minimum Gasteiger partial charge on any atom is -0.459 e. The van der Waals surface area contributed by atoms with Gasteiger partial charge in [0.05, 0.1) is 15.3 Å². The van der Waals surface area contributed by atoms with E-state index in [1.54, 1.807) is 6.07 Å². The molecule has 2 N–H and O–H groups in total. The van der Waals surface area contributed by atoms with Crippen LogP contribution in [0.3, 0.4) is 0 Å². The Morgan fingerprint density at radius 2 is 1.96 bits per heavy atom. The Bertz CT molecular complexity index is 2120. The summed E-state index contributed by atoms with van der Waals surface area (Å²) >= 11 is 7.78. The smallest absolute Gasteiger partial charge is 0.319 e. The van der Waals surface area contributed by atoms with E-state index in [4.69, 9.17) is 27.1 Å². The molecule has 15 heteroatoms. The number of piperidine rings is 1. The number of nitriles is 1. The zero-order valence-corrected chi connectivity index (χ0v) is 29.0. The molecule has 1 aliphatic carbocycles. The maximum Gasteiger partial charge on any atom is 0.319 e. The van der Waals surface area contributed by atoms with Gasteiger partial charge in [0, 0.05) is 60.4 Å². The lowest BCUT2D eigenvalue weighted by Crippen LogP contribution is -2.64. The van der Waals surface area contributed by atoms with Crippen LogP contribution in [0.5, 0.6) is 6.01 Å². The molecular weight excluding hydrogens is 694 g/mol. The summed E-state index contributed by atoms with van der Waals surface area (Å²) < 4.78 is 65.7. The molecule has 50 heavy (non-hydrogen) atoms. The molecule has 2 aromatic heterocycles. The number of fused-ring (bicyclic) bond motifs is 2. The van der Waals surface area contributed by atoms with E-state index < -0.39 is 35.8 Å². The van der Waals surface area contributed by atoms with Gasteiger partial charge in [-0.1, -0.05) is 17.7 Å². The Morgan fingerprint density at radius 1 is 1.20 bits per heavy atom. The number of ether oxygens (including phenoxy) is 1. The standard InChI is InChI=1S/C35H34ClF4N7O2S/c1-17(24-5-3-9-45(24)2)49-33-43-28-19(11-22(36)26(27(28)38)18-6-7-23(37)29-25(18)20(13-41)30(42)50-29)31(44-33)46-10-4-8-34(14-46)15-47(16-34)32(48)21-12-35(21,39)40/h6-7,11,17,21,24H,3-5,8-10,12,14-16,42H2,1-2H3/t17-,21?,24-/m0/s1. The molecule has 4 aliphatic rings. The molecular formula is C35H34ClF4N7O2S. The molecule has 1 spiro atoms. The van der Waals surface area contributed by atoms with Crippen molar-refractivity contribution in [2.45, 2.75) is 57.1 Å². The van der Waals surface area contributed by atoms with E-state index in [0.29, 0.717) is 37.4 Å². The summed E-state index contributed by atoms with van der Waals surface area (Å²) in [5, 5.41) is 10.5. The lowest BCUT2D eigenvalue weighted by atomic mass is 9.73. The van der Waals surface area contributed by atoms with E-state index in [-0.39, 0.29) is 65.9 Å². The molecule has 0 radical (unpaired) electrons. The first-order valence-electron chi connectivity index (χ1n) is 16.7. The highest BCUT2D eigenvalue weighted by Crippen LogP contribution is 2.52. The van der Waals surface area contributed by atoms with Crippen molar-refractivity contribution in [3.63, 3.8) is 0 Å². The molecule has 5 heterocycles. The van der Waals surface area contributed by atoms with Crippen LogP contribution in [-0.4, -0.2) is 83.5 Å². The van der Waals surface area contributed by atoms with Gasteiger partial charge in [-0.05, 0) is 63.9 Å². The van der Waals surface area contributed by atoms with Gasteiger partial charge in [0.25, 0.3) is 5.92 Å². The first-order valence-corrected chi connectivity index (χ1v) is 17.9. The number of nitrogens with zero attached hydrogens (tertiary/aromatic N) is 6. The number of amides is 1. The fraction of sp³-hybridized carbons (Fsp3) is 0.486. The van der Waals surface area contributed by atoms with Crippen LogP contribution in [0.2, 0.25) is 5.02 Å². The number of alkyl halides is 2. The number of halogens is 5. The van der Waals surface area contributed by atoms with Crippen molar-refractivity contribution >= 4 is 60.7 Å². The van der Waals surface area contributed by atoms with Gasteiger partial charge in [0.2, 0.25) is 5.91 Å². The fourth-order valence-corrected chi connectivity index (χ4v) is 9.49. The first-order chi connectivity index (χ1) is 23.8. The quantitative estimate of drug-likeness (QED) is 0.215. The molecule has 8 rings (SSSR count). The summed E-state index contributed by atoms with van der Waals surface area (Å²) in [7, 11) is 2.03. The fourth-order valence-electron chi connectivity index (χ4n) is 8.25. The minimum atomic E-state index is -2.92. The number of likely N-dealkylation sites (tertiary alicyclic amines) is 2. The zero-order valence-electron chi connectivity index (χ0n) is 27.4. The summed E-state index contributed by atoms with van der Waals surface area (Å²) in [5.41, 5.74) is 5.87. The molecule has 1 unspecified atom stereocenters. The van der Waals surface area contributed by atoms with Crippen molar-refractivity contribution in [3.05, 3.63) is 40.4 Å². The van der Waals surface area contributed by atoms with Crippen molar-refractivity contribution in [1.82, 2.24) is 19.8 Å². The van der Waals surface area contributed by atoms with Gasteiger partial charge < -0.3 is 20.3 Å². The van der Waals surface area contributed by atoms with Crippen molar-refractivity contribution in [2.75, 3.05) is 50.4 Å². The van der Waals surface area contributed by atoms with Crippen LogP contribution in [0.15, 0.2) is 18.2 Å². The Labute approximate surface area is 294 Å². The largest absolute Gasteiger partial charge is 0.459 e. The van der Waals surface area contributed by atoms with Crippen molar-refractivity contribution in [3.8, 4) is 23.2 Å². The minimum absolute atomic E-state index is 0.00790. The highest BCUT2D eigenvalue weighted by molar-refractivity contribution is 7.23. The molecule has 3 aliphatic heterocycles. The molecule has 2 aromatic carbocycles. The van der Waals surface area contributed by atoms with Crippen LogP contribution in [0.4, 0.5) is 28.4 Å². The average molecular weight is 728 g/mol. The molecule has 3 saturated heterocycles. The number of aromatic nitrogens is 2. The van der Waals surface area contributed by atoms with Crippen molar-refractivity contribution < 1.29 is 27.1 Å². The summed E-state index contributed by atoms with van der Waals surface area (Å²) in [5.74, 6) is -5.63. The first kappa shape index (κ1) is 33.2. The van der Waals surface area contributed by atoms with E-state index in [1.165, 1.54) is 17.0 Å². The molecule has 262 valence electrons. The van der Waals surface area contributed by atoms with Crippen LogP contribution in [0.1, 0.15) is 44.6 Å². The Kier molecular flexibility index (Phi) is 7.85. The van der Waals surface area contributed by atoms with E-state index in [2.05, 4.69) is 9.88 Å². The van der Waals surface area contributed by atoms with Gasteiger partial charge in [0.1, 0.15) is 40.2 Å². The lowest BCUT2D eigenvalue weighted by Gasteiger charge is -2.55. The van der Waals surface area contributed by atoms with E-state index in [9.17, 15) is 23.2 Å². The number of likely N-dealkylation sites (N-methyl/N-ethyl adjacent to an activating group) is 1. The SMILES string of the molecule is C[C@H](Oc1nc(N2CCCC3(CN(C(=O)C4CC4(F)F)C3)C2)c2cc(Cl)c(-c3ccc(F)c4sc(N)c(C#N)c34)c(F)c2n1)[C@@H]1CCCN1C. The van der Waals surface area contributed by atoms with E-state index >= 15 is 4.39 Å². The number of carbonyl (C=O) groups excluding carboxylic acids is 1. The molecule has 1 saturated carbocycles. The lowest BCUT2D eigenvalue weighted by molar-refractivity contribution is -0.147. The van der Waals surface area contributed by atoms with E-state index in [0.717, 1.165) is 43.6 Å². The van der Waals surface area contributed by atoms with Gasteiger partial charge in [-0.25, -0.2) is 17.6 Å². The number of nitrogen functional groups attached to an aromatic ring is 1. The monoisotopic (exact) mass is 727 g/mol. The average Bonchev–Trinajstić information content (AvgIpc) is 3.33. The number of benzene rings is 2. The number of nitrogens with two attached hydrogens (primary N) is 1. The third-order valence-corrected chi connectivity index (χ3v) is 12.2.